The summed E-state index contributed by atoms with van der Waals surface area (Å²) >= 11 is 3.78. The van der Waals surface area contributed by atoms with E-state index in [2.05, 4.69) is 0 Å². The maximum absolute atomic E-state index is 13.3. The van der Waals surface area contributed by atoms with Gasteiger partial charge in [0.15, 0.2) is 0 Å². The number of carboxylic acid groups (broad SMARTS) is 2. The molecular weight excluding hydrogens is 1160 g/mol. The highest BCUT2D eigenvalue weighted by atomic mass is 32.2. The monoisotopic (exact) mass is 1250 g/mol. The van der Waals surface area contributed by atoms with Crippen molar-refractivity contribution in [3.8, 4) is 0 Å². The highest BCUT2D eigenvalue weighted by molar-refractivity contribution is 8.01. The summed E-state index contributed by atoms with van der Waals surface area (Å²) in [5.41, 5.74) is 0. The summed E-state index contributed by atoms with van der Waals surface area (Å²) in [6.07, 6.45) is 16.7. The van der Waals surface area contributed by atoms with Crippen molar-refractivity contribution in [1.29, 1.82) is 0 Å². The average molecular weight is 1260 g/mol. The molecule has 2 fully saturated rings. The average Bonchev–Trinajstić information content (AvgIpc) is 3.49. The number of thioether (sulfide) groups is 4. The van der Waals surface area contributed by atoms with E-state index in [0.717, 1.165) is 138 Å². The van der Waals surface area contributed by atoms with Crippen LogP contribution in [-0.2, 0) is 95.4 Å². The molecule has 2 rings (SSSR count). The Morgan fingerprint density at radius 2 is 0.566 bits per heavy atom. The summed E-state index contributed by atoms with van der Waals surface area (Å²) in [5, 5.41) is 14.4. The van der Waals surface area contributed by atoms with Crippen molar-refractivity contribution in [3.63, 3.8) is 0 Å². The summed E-state index contributed by atoms with van der Waals surface area (Å²) < 4.78 is 48.9. The van der Waals surface area contributed by atoms with Crippen LogP contribution in [0.4, 0.5) is 0 Å². The van der Waals surface area contributed by atoms with Crippen molar-refractivity contribution in [2.24, 2.45) is 0 Å². The smallest absolute Gasteiger partial charge is 0.319 e. The molecule has 474 valence electrons. The maximum atomic E-state index is 13.3. The van der Waals surface area contributed by atoms with Crippen LogP contribution in [-0.4, -0.2) is 179 Å². The van der Waals surface area contributed by atoms with E-state index in [1.807, 2.05) is 0 Å². The zero-order valence-electron chi connectivity index (χ0n) is 48.2. The van der Waals surface area contributed by atoms with Crippen molar-refractivity contribution >= 4 is 113 Å². The molecule has 0 radical (unpaired) electrons. The van der Waals surface area contributed by atoms with Gasteiger partial charge in [-0.2, -0.15) is 0 Å². The lowest BCUT2D eigenvalue weighted by molar-refractivity contribution is -0.150. The molecule has 0 saturated carbocycles. The molecule has 2 aliphatic rings. The van der Waals surface area contributed by atoms with Gasteiger partial charge >= 0.3 is 65.7 Å². The van der Waals surface area contributed by atoms with Gasteiger partial charge in [0.25, 0.3) is 0 Å². The largest absolute Gasteiger partial charge is 0.481 e. The molecule has 22 nitrogen and oxygen atoms in total. The summed E-state index contributed by atoms with van der Waals surface area (Å²) in [4.78, 5) is 138. The van der Waals surface area contributed by atoms with E-state index in [1.54, 1.807) is 0 Å². The molecule has 0 aromatic heterocycles. The molecule has 83 heavy (non-hydrogen) atoms. The Bertz CT molecular complexity index is 1920. The molecule has 0 aromatic rings. The van der Waals surface area contributed by atoms with Gasteiger partial charge in [0.1, 0.15) is 21.0 Å². The Hall–Kier alpha value is -4.43. The van der Waals surface area contributed by atoms with Crippen LogP contribution in [0.3, 0.4) is 0 Å². The molecule has 0 aliphatic carbocycles. The fourth-order valence-electron chi connectivity index (χ4n) is 8.16. The first-order valence-corrected chi connectivity index (χ1v) is 33.7. The van der Waals surface area contributed by atoms with Gasteiger partial charge in [-0.1, -0.05) is 103 Å². The first kappa shape index (κ1) is 74.7. The zero-order chi connectivity index (χ0) is 60.6. The van der Waals surface area contributed by atoms with Crippen LogP contribution in [0.1, 0.15) is 186 Å². The zero-order valence-corrected chi connectivity index (χ0v) is 51.5. The summed E-state index contributed by atoms with van der Waals surface area (Å²) in [5.74, 6) is -8.31. The van der Waals surface area contributed by atoms with Crippen molar-refractivity contribution in [1.82, 2.24) is 0 Å². The van der Waals surface area contributed by atoms with Crippen LogP contribution in [0, 0.1) is 0 Å². The summed E-state index contributed by atoms with van der Waals surface area (Å²) in [6, 6.07) is 0. The van der Waals surface area contributed by atoms with Gasteiger partial charge in [-0.25, -0.2) is 0 Å². The van der Waals surface area contributed by atoms with Gasteiger partial charge in [-0.15, -0.1) is 47.0 Å². The van der Waals surface area contributed by atoms with Crippen LogP contribution >= 0.6 is 47.0 Å². The normalized spacial score (nSPS) is 23.1. The second-order valence-electron chi connectivity index (χ2n) is 20.0. The van der Waals surface area contributed by atoms with E-state index in [1.165, 1.54) is 11.8 Å². The molecule has 2 saturated heterocycles. The first-order valence-electron chi connectivity index (χ1n) is 29.5. The highest BCUT2D eigenvalue weighted by Gasteiger charge is 2.30. The lowest BCUT2D eigenvalue weighted by Crippen LogP contribution is -2.27. The minimum Gasteiger partial charge on any atom is -0.481 e. The number of carboxylic acids is 2. The van der Waals surface area contributed by atoms with Crippen molar-refractivity contribution in [2.45, 2.75) is 207 Å². The highest BCUT2D eigenvalue weighted by Crippen LogP contribution is 2.23. The number of carbonyl (C=O) groups is 11. The minimum absolute atomic E-state index is 0.0114. The molecule has 2 N–H and O–H groups in total. The standard InChI is InChI=1S/C57H90O22S4/c58-47(59)40-81-44-37-50(63)72-27-18-10-2-1-9-17-26-71-49(62)36-43(54(67)76-30-21-13-5-6-14-22-31-77-55(44)68)80-35-25-34-75-53(66)42-83-46-39-52(65)74-29-20-12-4-3-11-19-28-73-51(64)38-45(82-41-48(60)61)56(69)78-32-23-15-7-8-16-24-33-79-57(46)70/h43-46H,1-42H2,(H,58,59)(H,60,61). The molecule has 4 unspecified atom stereocenters. The van der Waals surface area contributed by atoms with Crippen molar-refractivity contribution in [2.75, 3.05) is 82.5 Å². The molecule has 0 bridgehead atoms. The molecule has 4 atom stereocenters. The third kappa shape index (κ3) is 42.1. The molecule has 0 spiro atoms. The number of hydrogen-bond acceptors (Lipinski definition) is 24. The van der Waals surface area contributed by atoms with Gasteiger partial charge in [-0.3, -0.25) is 52.7 Å². The fourth-order valence-corrected chi connectivity index (χ4v) is 11.7. The van der Waals surface area contributed by atoms with E-state index in [0.29, 0.717) is 63.5 Å². The number of ether oxygens (including phenoxy) is 9. The molecule has 26 heteroatoms. The van der Waals surface area contributed by atoms with Crippen LogP contribution in [0.15, 0.2) is 0 Å². The molecular formula is C57H90O22S4. The van der Waals surface area contributed by atoms with E-state index in [-0.39, 0.29) is 102 Å². The van der Waals surface area contributed by atoms with Gasteiger partial charge in [0, 0.05) is 0 Å². The Morgan fingerprint density at radius 1 is 0.337 bits per heavy atom. The Morgan fingerprint density at radius 3 is 0.831 bits per heavy atom. The third-order valence-electron chi connectivity index (χ3n) is 12.7. The van der Waals surface area contributed by atoms with E-state index < -0.39 is 86.7 Å². The van der Waals surface area contributed by atoms with Crippen molar-refractivity contribution in [3.05, 3.63) is 0 Å². The second-order valence-corrected chi connectivity index (χ2v) is 24.9. The lowest BCUT2D eigenvalue weighted by Gasteiger charge is -2.16. The van der Waals surface area contributed by atoms with Gasteiger partial charge in [0.2, 0.25) is 0 Å². The van der Waals surface area contributed by atoms with Gasteiger partial charge < -0.3 is 52.8 Å². The van der Waals surface area contributed by atoms with Crippen LogP contribution in [0.5, 0.6) is 0 Å². The molecule has 0 aromatic carbocycles. The first-order chi connectivity index (χ1) is 40.1. The topological polar surface area (TPSA) is 311 Å². The number of hydrogen-bond donors (Lipinski definition) is 2. The second kappa shape index (κ2) is 49.8. The third-order valence-corrected chi connectivity index (χ3v) is 17.5. The van der Waals surface area contributed by atoms with Crippen LogP contribution in [0.25, 0.3) is 0 Å². The number of aliphatic carboxylic acids is 2. The van der Waals surface area contributed by atoms with E-state index in [4.69, 9.17) is 52.8 Å². The number of carbonyl (C=O) groups excluding carboxylic acids is 9. The van der Waals surface area contributed by atoms with Gasteiger partial charge in [0.05, 0.1) is 102 Å². The quantitative estimate of drug-likeness (QED) is 0.0932. The lowest BCUT2D eigenvalue weighted by atomic mass is 10.1. The summed E-state index contributed by atoms with van der Waals surface area (Å²) in [6.45, 7) is 1.13. The minimum atomic E-state index is -1.11. The van der Waals surface area contributed by atoms with E-state index in [9.17, 15) is 52.7 Å². The molecule has 2 heterocycles. The Labute approximate surface area is 505 Å². The molecule has 0 amide bonds. The predicted molar refractivity (Wildman–Crippen MR) is 313 cm³/mol. The predicted octanol–water partition coefficient (Wildman–Crippen LogP) is 8.79. The number of cyclic esters (lactones) is 8. The van der Waals surface area contributed by atoms with Crippen molar-refractivity contribution < 1.29 is 106 Å². The van der Waals surface area contributed by atoms with E-state index >= 15 is 0 Å². The fraction of sp³-hybridized carbons (Fsp3) is 0.807. The maximum Gasteiger partial charge on any atom is 0.319 e. The number of rotatable bonds is 14. The SMILES string of the molecule is O=C(O)CSC1CC(=O)OCCCCCCCCOC(=O)CC(SCCCOC(=O)CSC2CC(=O)OCCCCCCCCOC(=O)CC(SCC(=O)O)C(=O)OCCCCCCCCOC2=O)C(=O)OCCCCCCCCOC1=O. The molecule has 2 aliphatic heterocycles. The Kier molecular flexibility index (Phi) is 44.8. The van der Waals surface area contributed by atoms with Gasteiger partial charge in [-0.05, 0) is 63.5 Å². The number of esters is 9. The Balaban J connectivity index is 1.89. The summed E-state index contributed by atoms with van der Waals surface area (Å²) in [7, 11) is 0. The van der Waals surface area contributed by atoms with Crippen LogP contribution < -0.4 is 0 Å². The van der Waals surface area contributed by atoms with Crippen LogP contribution in [0.2, 0.25) is 0 Å².